The Morgan fingerprint density at radius 1 is 0.786 bits per heavy atom. The molecule has 1 aromatic rings. The fraction of sp³-hybridized carbons (Fsp3) is 0.333. The van der Waals surface area contributed by atoms with Crippen LogP contribution in [-0.4, -0.2) is 0 Å². The van der Waals surface area contributed by atoms with Crippen molar-refractivity contribution in [3.63, 3.8) is 0 Å². The summed E-state index contributed by atoms with van der Waals surface area (Å²) in [4.78, 5) is 0. The maximum absolute atomic E-state index is 12.8. The molecule has 0 amide bonds. The topological polar surface area (TPSA) is 0 Å². The van der Waals surface area contributed by atoms with Gasteiger partial charge >= 0.3 is 0 Å². The molecule has 0 atom stereocenters. The third-order valence-electron chi connectivity index (χ3n) is 1.43. The first-order chi connectivity index (χ1) is 6.46. The molecule has 1 rings (SSSR count). The van der Waals surface area contributed by atoms with Crippen LogP contribution in [0.1, 0.15) is 19.4 Å². The molecule has 0 N–H and O–H groups in total. The summed E-state index contributed by atoms with van der Waals surface area (Å²) in [6, 6.07) is 0. The van der Waals surface area contributed by atoms with Crippen LogP contribution in [-0.2, 0) is 0 Å². The second-order valence-corrected chi connectivity index (χ2v) is 2.95. The molecule has 0 saturated heterocycles. The molecule has 0 fully saturated rings. The van der Waals surface area contributed by atoms with Gasteiger partial charge in [0, 0.05) is 5.56 Å². The molecular weight excluding hydrogens is 236 g/mol. The lowest BCUT2D eigenvalue weighted by atomic mass is 10.2. The minimum absolute atomic E-state index is 0.194. The number of hydrogen-bond acceptors (Lipinski definition) is 0. The molecule has 0 heterocycles. The lowest BCUT2D eigenvalue weighted by Crippen LogP contribution is -1.95. The lowest BCUT2D eigenvalue weighted by Gasteiger charge is -2.04. The molecule has 0 aliphatic rings. The van der Waals surface area contributed by atoms with E-state index in [-0.39, 0.29) is 5.56 Å². The molecule has 0 bridgehead atoms. The first kappa shape index (κ1) is 13.6. The van der Waals surface area contributed by atoms with Crippen molar-refractivity contribution in [2.75, 3.05) is 0 Å². The fourth-order valence-electron chi connectivity index (χ4n) is 0.715. The van der Waals surface area contributed by atoms with Crippen LogP contribution in [0.25, 0.3) is 0 Å². The van der Waals surface area contributed by atoms with E-state index in [1.165, 1.54) is 6.92 Å². The summed E-state index contributed by atoms with van der Waals surface area (Å²) in [6.45, 7) is 5.21. The zero-order valence-corrected chi connectivity index (χ0v) is 9.40. The van der Waals surface area contributed by atoms with E-state index in [4.69, 9.17) is 23.2 Å². The predicted octanol–water partition coefficient (Wildman–Crippen LogP) is 4.75. The van der Waals surface area contributed by atoms with Gasteiger partial charge in [0.2, 0.25) is 0 Å². The van der Waals surface area contributed by atoms with Crippen LogP contribution < -0.4 is 0 Å². The highest BCUT2D eigenvalue weighted by Gasteiger charge is 2.19. The zero-order chi connectivity index (χ0) is 11.5. The van der Waals surface area contributed by atoms with Gasteiger partial charge in [0.15, 0.2) is 11.6 Å². The Labute approximate surface area is 90.6 Å². The van der Waals surface area contributed by atoms with E-state index in [9.17, 15) is 13.2 Å². The standard InChI is InChI=1S/C7H3Cl2F3.C2H6/c1-2-3(8)6(11)7(12)4(9)5(2)10;1-2/h1H3;1-2H3. The monoisotopic (exact) mass is 244 g/mol. The van der Waals surface area contributed by atoms with Crippen molar-refractivity contribution in [1.82, 2.24) is 0 Å². The van der Waals surface area contributed by atoms with E-state index in [1.54, 1.807) is 0 Å². The Morgan fingerprint density at radius 2 is 1.14 bits per heavy atom. The molecular formula is C9H9Cl2F3. The number of rotatable bonds is 0. The van der Waals surface area contributed by atoms with Crippen molar-refractivity contribution < 1.29 is 13.2 Å². The van der Waals surface area contributed by atoms with Crippen molar-refractivity contribution in [2.45, 2.75) is 20.8 Å². The van der Waals surface area contributed by atoms with Crippen molar-refractivity contribution in [1.29, 1.82) is 0 Å². The van der Waals surface area contributed by atoms with Crippen LogP contribution in [0.2, 0.25) is 10.0 Å². The summed E-state index contributed by atoms with van der Waals surface area (Å²) in [5.74, 6) is -3.80. The molecule has 80 valence electrons. The Balaban J connectivity index is 0.000000791. The molecule has 5 heteroatoms. The summed E-state index contributed by atoms with van der Waals surface area (Å²) in [7, 11) is 0. The van der Waals surface area contributed by atoms with E-state index < -0.39 is 27.5 Å². The van der Waals surface area contributed by atoms with Gasteiger partial charge in [-0.15, -0.1) is 0 Å². The summed E-state index contributed by atoms with van der Waals surface area (Å²) in [5, 5.41) is -1.44. The molecule has 0 aliphatic heterocycles. The van der Waals surface area contributed by atoms with Gasteiger partial charge in [0.05, 0.1) is 5.02 Å². The van der Waals surface area contributed by atoms with Crippen LogP contribution in [0.5, 0.6) is 0 Å². The van der Waals surface area contributed by atoms with Crippen molar-refractivity contribution in [2.24, 2.45) is 0 Å². The second kappa shape index (κ2) is 5.47. The number of benzene rings is 1. The van der Waals surface area contributed by atoms with Gasteiger partial charge in [-0.05, 0) is 6.92 Å². The number of halogens is 5. The summed E-state index contributed by atoms with van der Waals surface area (Å²) in [6.07, 6.45) is 0. The minimum atomic E-state index is -1.45. The van der Waals surface area contributed by atoms with Gasteiger partial charge in [-0.2, -0.15) is 0 Å². The van der Waals surface area contributed by atoms with Crippen molar-refractivity contribution in [3.8, 4) is 0 Å². The molecule has 0 radical (unpaired) electrons. The molecule has 0 spiro atoms. The highest BCUT2D eigenvalue weighted by molar-refractivity contribution is 6.33. The summed E-state index contributed by atoms with van der Waals surface area (Å²) in [5.41, 5.74) is -0.194. The Kier molecular flexibility index (Phi) is 5.31. The zero-order valence-electron chi connectivity index (χ0n) is 7.89. The molecule has 0 unspecified atom stereocenters. The first-order valence-electron chi connectivity index (χ1n) is 3.94. The maximum atomic E-state index is 12.8. The highest BCUT2D eigenvalue weighted by Crippen LogP contribution is 2.30. The van der Waals surface area contributed by atoms with Crippen molar-refractivity contribution >= 4 is 23.2 Å². The SMILES string of the molecule is CC.Cc1c(F)c(Cl)c(F)c(F)c1Cl. The van der Waals surface area contributed by atoms with Crippen LogP contribution in [0.4, 0.5) is 13.2 Å². The normalized spacial score (nSPS) is 9.43. The quantitative estimate of drug-likeness (QED) is 0.457. The van der Waals surface area contributed by atoms with Gasteiger partial charge in [-0.3, -0.25) is 0 Å². The van der Waals surface area contributed by atoms with Crippen LogP contribution >= 0.6 is 23.2 Å². The van der Waals surface area contributed by atoms with Crippen LogP contribution in [0.3, 0.4) is 0 Å². The van der Waals surface area contributed by atoms with Gasteiger partial charge in [0.25, 0.3) is 0 Å². The van der Waals surface area contributed by atoms with E-state index in [0.717, 1.165) is 0 Å². The fourth-order valence-corrected chi connectivity index (χ4v) is 1.11. The lowest BCUT2D eigenvalue weighted by molar-refractivity contribution is 0.493. The Bertz CT molecular complexity index is 232. The van der Waals surface area contributed by atoms with E-state index in [1.807, 2.05) is 13.8 Å². The van der Waals surface area contributed by atoms with Gasteiger partial charge in [-0.25, -0.2) is 13.2 Å². The third-order valence-corrected chi connectivity index (χ3v) is 2.21. The minimum Gasteiger partial charge on any atom is -0.205 e. The molecule has 0 aliphatic carbocycles. The smallest absolute Gasteiger partial charge is 0.181 e. The van der Waals surface area contributed by atoms with E-state index in [2.05, 4.69) is 0 Å². The predicted molar refractivity (Wildman–Crippen MR) is 52.4 cm³/mol. The third kappa shape index (κ3) is 2.34. The first-order valence-corrected chi connectivity index (χ1v) is 4.70. The van der Waals surface area contributed by atoms with Crippen LogP contribution in [0, 0.1) is 24.4 Å². The van der Waals surface area contributed by atoms with E-state index in [0.29, 0.717) is 0 Å². The molecule has 14 heavy (non-hydrogen) atoms. The highest BCUT2D eigenvalue weighted by atomic mass is 35.5. The van der Waals surface area contributed by atoms with E-state index >= 15 is 0 Å². The largest absolute Gasteiger partial charge is 0.205 e. The maximum Gasteiger partial charge on any atom is 0.181 e. The second-order valence-electron chi connectivity index (χ2n) is 2.19. The average Bonchev–Trinajstić information content (AvgIpc) is 2.24. The van der Waals surface area contributed by atoms with Gasteiger partial charge in [0.1, 0.15) is 10.8 Å². The van der Waals surface area contributed by atoms with Crippen LogP contribution in [0.15, 0.2) is 0 Å². The van der Waals surface area contributed by atoms with Gasteiger partial charge in [-0.1, -0.05) is 37.0 Å². The van der Waals surface area contributed by atoms with Crippen molar-refractivity contribution in [3.05, 3.63) is 33.1 Å². The number of hydrogen-bond donors (Lipinski definition) is 0. The summed E-state index contributed by atoms with van der Waals surface area (Å²) < 4.78 is 38.1. The Morgan fingerprint density at radius 3 is 1.57 bits per heavy atom. The molecule has 0 nitrogen and oxygen atoms in total. The van der Waals surface area contributed by atoms with Gasteiger partial charge < -0.3 is 0 Å². The molecule has 0 aromatic heterocycles. The average molecular weight is 245 g/mol. The molecule has 1 aromatic carbocycles. The molecule has 0 saturated carbocycles. The Hall–Kier alpha value is -0.410. The summed E-state index contributed by atoms with van der Waals surface area (Å²) >= 11 is 10.4.